The number of aromatic nitrogens is 3. The summed E-state index contributed by atoms with van der Waals surface area (Å²) < 4.78 is 17.4. The number of rotatable bonds is 6. The van der Waals surface area contributed by atoms with Crippen LogP contribution in [0.15, 0.2) is 35.0 Å². The first-order chi connectivity index (χ1) is 11.1. The molecule has 0 saturated carbocycles. The highest BCUT2D eigenvalue weighted by Gasteiger charge is 2.13. The first kappa shape index (κ1) is 16.0. The molecule has 3 aromatic rings. The van der Waals surface area contributed by atoms with Crippen molar-refractivity contribution in [3.63, 3.8) is 0 Å². The van der Waals surface area contributed by atoms with Crippen LogP contribution < -0.4 is 0 Å². The van der Waals surface area contributed by atoms with Gasteiger partial charge < -0.3 is 4.52 Å². The molecule has 0 spiro atoms. The third-order valence-electron chi connectivity index (χ3n) is 3.38. The summed E-state index contributed by atoms with van der Waals surface area (Å²) in [7, 11) is -1.07. The molecule has 0 amide bonds. The maximum absolute atomic E-state index is 12.2. The van der Waals surface area contributed by atoms with Crippen molar-refractivity contribution in [2.45, 2.75) is 31.8 Å². The number of nitrogens with zero attached hydrogens (tertiary/aromatic N) is 3. The Morgan fingerprint density at radius 2 is 2.04 bits per heavy atom. The second kappa shape index (κ2) is 7.14. The molecule has 1 atom stereocenters. The molecule has 2 heterocycles. The van der Waals surface area contributed by atoms with E-state index in [1.807, 2.05) is 19.1 Å². The van der Waals surface area contributed by atoms with Gasteiger partial charge in [0.15, 0.2) is 5.82 Å². The van der Waals surface area contributed by atoms with Crippen molar-refractivity contribution in [2.75, 3.05) is 0 Å². The number of hydrogen-bond acceptors (Lipinski definition) is 6. The summed E-state index contributed by atoms with van der Waals surface area (Å²) in [5, 5.41) is 4.97. The highest BCUT2D eigenvalue weighted by Crippen LogP contribution is 2.16. The van der Waals surface area contributed by atoms with Gasteiger partial charge in [-0.3, -0.25) is 4.21 Å². The standard InChI is InChI=1S/C16H17N3O2S2/c1-11-5-3-4-6-13(11)7-15-18-16(21-19-15)10-23(20)9-14-8-17-12(2)22-14/h3-6,8H,7,9-10H2,1-2H3/t23-/m1/s1. The fourth-order valence-electron chi connectivity index (χ4n) is 2.22. The van der Waals surface area contributed by atoms with E-state index >= 15 is 0 Å². The SMILES string of the molecule is Cc1ncc(C[S@@](=O)Cc2nc(Cc3ccccc3C)no2)s1. The zero-order valence-electron chi connectivity index (χ0n) is 13.0. The Morgan fingerprint density at radius 1 is 1.22 bits per heavy atom. The van der Waals surface area contributed by atoms with Crippen molar-refractivity contribution in [3.05, 3.63) is 63.2 Å². The molecule has 0 N–H and O–H groups in total. The molecule has 1 aromatic carbocycles. The van der Waals surface area contributed by atoms with E-state index in [0.717, 1.165) is 9.88 Å². The fraction of sp³-hybridized carbons (Fsp3) is 0.312. The highest BCUT2D eigenvalue weighted by atomic mass is 32.2. The summed E-state index contributed by atoms with van der Waals surface area (Å²) in [6.45, 7) is 4.00. The highest BCUT2D eigenvalue weighted by molar-refractivity contribution is 7.83. The van der Waals surface area contributed by atoms with E-state index in [9.17, 15) is 4.21 Å². The van der Waals surface area contributed by atoms with Crippen molar-refractivity contribution in [3.8, 4) is 0 Å². The Labute approximate surface area is 141 Å². The van der Waals surface area contributed by atoms with E-state index < -0.39 is 10.8 Å². The van der Waals surface area contributed by atoms with Gasteiger partial charge in [-0.25, -0.2) is 4.98 Å². The Morgan fingerprint density at radius 3 is 2.78 bits per heavy atom. The second-order valence-electron chi connectivity index (χ2n) is 5.28. The van der Waals surface area contributed by atoms with Gasteiger partial charge in [0.2, 0.25) is 5.89 Å². The van der Waals surface area contributed by atoms with Gasteiger partial charge in [-0.2, -0.15) is 4.98 Å². The molecule has 0 radical (unpaired) electrons. The van der Waals surface area contributed by atoms with E-state index in [1.165, 1.54) is 11.1 Å². The van der Waals surface area contributed by atoms with Crippen molar-refractivity contribution < 1.29 is 8.73 Å². The molecular weight excluding hydrogens is 330 g/mol. The van der Waals surface area contributed by atoms with Crippen LogP contribution in [0.4, 0.5) is 0 Å². The summed E-state index contributed by atoms with van der Waals surface area (Å²) in [5.41, 5.74) is 2.36. The van der Waals surface area contributed by atoms with Gasteiger partial charge in [0.1, 0.15) is 5.75 Å². The van der Waals surface area contributed by atoms with Crippen LogP contribution in [0.5, 0.6) is 0 Å². The summed E-state index contributed by atoms with van der Waals surface area (Å²) >= 11 is 1.56. The Balaban J connectivity index is 1.61. The maximum Gasteiger partial charge on any atom is 0.239 e. The molecule has 0 bridgehead atoms. The van der Waals surface area contributed by atoms with E-state index in [4.69, 9.17) is 4.52 Å². The number of thiazole rings is 1. The molecule has 0 aliphatic heterocycles. The summed E-state index contributed by atoms with van der Waals surface area (Å²) in [6.07, 6.45) is 2.40. The lowest BCUT2D eigenvalue weighted by molar-refractivity contribution is 0.385. The van der Waals surface area contributed by atoms with Crippen molar-refractivity contribution >= 4 is 22.1 Å². The van der Waals surface area contributed by atoms with E-state index in [-0.39, 0.29) is 5.75 Å². The van der Waals surface area contributed by atoms with E-state index in [2.05, 4.69) is 34.2 Å². The first-order valence-electron chi connectivity index (χ1n) is 7.22. The van der Waals surface area contributed by atoms with Crippen LogP contribution in [-0.2, 0) is 28.7 Å². The average Bonchev–Trinajstić information content (AvgIpc) is 3.11. The Kier molecular flexibility index (Phi) is 4.97. The van der Waals surface area contributed by atoms with Gasteiger partial charge in [0, 0.05) is 28.3 Å². The van der Waals surface area contributed by atoms with Crippen LogP contribution in [0.1, 0.15) is 32.7 Å². The minimum atomic E-state index is -1.07. The average molecular weight is 347 g/mol. The number of benzene rings is 1. The Bertz CT molecular complexity index is 826. The minimum Gasteiger partial charge on any atom is -0.338 e. The summed E-state index contributed by atoms with van der Waals surface area (Å²) in [6, 6.07) is 8.11. The number of aryl methyl sites for hydroxylation is 2. The zero-order chi connectivity index (χ0) is 16.2. The van der Waals surface area contributed by atoms with Crippen LogP contribution in [0.25, 0.3) is 0 Å². The third kappa shape index (κ3) is 4.33. The zero-order valence-corrected chi connectivity index (χ0v) is 14.6. The third-order valence-corrected chi connectivity index (χ3v) is 5.67. The van der Waals surface area contributed by atoms with Gasteiger partial charge in [-0.05, 0) is 25.0 Å². The largest absolute Gasteiger partial charge is 0.338 e. The van der Waals surface area contributed by atoms with Crippen LogP contribution in [0.2, 0.25) is 0 Å². The summed E-state index contributed by atoms with van der Waals surface area (Å²) in [5.74, 6) is 1.80. The minimum absolute atomic E-state index is 0.276. The van der Waals surface area contributed by atoms with Crippen molar-refractivity contribution in [1.29, 1.82) is 0 Å². The van der Waals surface area contributed by atoms with E-state index in [0.29, 0.717) is 23.9 Å². The normalized spacial score (nSPS) is 12.4. The maximum atomic E-state index is 12.2. The van der Waals surface area contributed by atoms with E-state index in [1.54, 1.807) is 17.5 Å². The molecule has 2 aromatic heterocycles. The van der Waals surface area contributed by atoms with Crippen LogP contribution in [-0.4, -0.2) is 19.3 Å². The smallest absolute Gasteiger partial charge is 0.239 e. The number of hydrogen-bond donors (Lipinski definition) is 0. The molecule has 0 fully saturated rings. The molecule has 7 heteroatoms. The van der Waals surface area contributed by atoms with Gasteiger partial charge in [0.05, 0.1) is 10.8 Å². The monoisotopic (exact) mass is 347 g/mol. The predicted octanol–water partition coefficient (Wildman–Crippen LogP) is 3.18. The topological polar surface area (TPSA) is 68.9 Å². The lowest BCUT2D eigenvalue weighted by atomic mass is 10.1. The van der Waals surface area contributed by atoms with Crippen LogP contribution in [0, 0.1) is 13.8 Å². The van der Waals surface area contributed by atoms with Crippen LogP contribution in [0.3, 0.4) is 0 Å². The molecule has 0 unspecified atom stereocenters. The molecule has 23 heavy (non-hydrogen) atoms. The predicted molar refractivity (Wildman–Crippen MR) is 90.7 cm³/mol. The molecular formula is C16H17N3O2S2. The quantitative estimate of drug-likeness (QED) is 0.685. The second-order valence-corrected chi connectivity index (χ2v) is 8.06. The molecule has 0 aliphatic rings. The fourth-order valence-corrected chi connectivity index (χ4v) is 4.33. The Hall–Kier alpha value is -1.86. The van der Waals surface area contributed by atoms with Gasteiger partial charge in [-0.1, -0.05) is 29.4 Å². The lowest BCUT2D eigenvalue weighted by Crippen LogP contribution is -1.99. The summed E-state index contributed by atoms with van der Waals surface area (Å²) in [4.78, 5) is 9.53. The molecule has 5 nitrogen and oxygen atoms in total. The van der Waals surface area contributed by atoms with Crippen molar-refractivity contribution in [2.24, 2.45) is 0 Å². The van der Waals surface area contributed by atoms with Gasteiger partial charge >= 0.3 is 0 Å². The first-order valence-corrected chi connectivity index (χ1v) is 9.53. The molecule has 0 aliphatic carbocycles. The molecule has 120 valence electrons. The lowest BCUT2D eigenvalue weighted by Gasteiger charge is -2.00. The molecule has 3 rings (SSSR count). The van der Waals surface area contributed by atoms with Gasteiger partial charge in [0.25, 0.3) is 0 Å². The van der Waals surface area contributed by atoms with Gasteiger partial charge in [-0.15, -0.1) is 11.3 Å². The van der Waals surface area contributed by atoms with Crippen LogP contribution >= 0.6 is 11.3 Å². The molecule has 0 saturated heterocycles. The van der Waals surface area contributed by atoms with Crippen molar-refractivity contribution in [1.82, 2.24) is 15.1 Å².